The lowest BCUT2D eigenvalue weighted by molar-refractivity contribution is 0.613. The lowest BCUT2D eigenvalue weighted by atomic mass is 10.2. The first-order valence-corrected chi connectivity index (χ1v) is 8.26. The summed E-state index contributed by atoms with van der Waals surface area (Å²) in [7, 11) is 3.46. The van der Waals surface area contributed by atoms with Gasteiger partial charge in [0.15, 0.2) is 5.65 Å². The molecule has 1 aromatic carbocycles. The molecule has 0 aliphatic heterocycles. The summed E-state index contributed by atoms with van der Waals surface area (Å²) in [5, 5.41) is 0.910. The van der Waals surface area contributed by atoms with E-state index in [0.29, 0.717) is 11.5 Å². The van der Waals surface area contributed by atoms with E-state index >= 15 is 0 Å². The molecule has 0 atom stereocenters. The highest BCUT2D eigenvalue weighted by molar-refractivity contribution is 7.98. The molecule has 0 aliphatic carbocycles. The Kier molecular flexibility index (Phi) is 4.07. The van der Waals surface area contributed by atoms with Crippen molar-refractivity contribution in [1.29, 1.82) is 0 Å². The van der Waals surface area contributed by atoms with E-state index in [2.05, 4.69) is 67.9 Å². The summed E-state index contributed by atoms with van der Waals surface area (Å²) in [4.78, 5) is 13.4. The maximum atomic E-state index is 4.49. The number of imidazole rings is 1. The Labute approximate surface area is 131 Å². The van der Waals surface area contributed by atoms with Gasteiger partial charge in [-0.25, -0.2) is 15.0 Å². The maximum absolute atomic E-state index is 4.49. The van der Waals surface area contributed by atoms with Gasteiger partial charge in [-0.1, -0.05) is 42.1 Å². The van der Waals surface area contributed by atoms with E-state index in [4.69, 9.17) is 0 Å². The van der Waals surface area contributed by atoms with Crippen molar-refractivity contribution in [3.05, 3.63) is 42.2 Å². The molecule has 0 bridgehead atoms. The van der Waals surface area contributed by atoms with Crippen LogP contribution in [0.15, 0.2) is 41.7 Å². The zero-order chi connectivity index (χ0) is 14.8. The molecule has 0 fully saturated rings. The van der Waals surface area contributed by atoms with Crippen LogP contribution in [0.1, 0.15) is 25.5 Å². The van der Waals surface area contributed by atoms with E-state index in [1.807, 2.05) is 12.4 Å². The van der Waals surface area contributed by atoms with Crippen molar-refractivity contribution in [2.45, 2.75) is 30.7 Å². The number of aromatic nitrogens is 4. The van der Waals surface area contributed by atoms with Crippen molar-refractivity contribution in [1.82, 2.24) is 19.5 Å². The Morgan fingerprint density at radius 1 is 1.19 bits per heavy atom. The van der Waals surface area contributed by atoms with Crippen LogP contribution < -0.4 is 5.45 Å². The first-order valence-electron chi connectivity index (χ1n) is 6.78. The molecule has 3 radical (unpaired) electrons. The fourth-order valence-electron chi connectivity index (χ4n) is 2.10. The fraction of sp³-hybridized carbons (Fsp3) is 0.267. The molecule has 0 aliphatic rings. The van der Waals surface area contributed by atoms with E-state index in [0.717, 1.165) is 21.9 Å². The standard InChI is InChI=1S/C15H15N4SSi/c1-10(2)19-9-16-12-13(19)17-15(21)18-14(12)20-8-11-6-4-3-5-7-11/h3-7,9-10H,8H2,1-2H3. The Balaban J connectivity index is 1.95. The summed E-state index contributed by atoms with van der Waals surface area (Å²) in [6.07, 6.45) is 1.84. The van der Waals surface area contributed by atoms with Crippen molar-refractivity contribution in [3.63, 3.8) is 0 Å². The number of nitrogens with zero attached hydrogens (tertiary/aromatic N) is 4. The SMILES string of the molecule is CC(C)n1cnc2c(SCc3ccccc3)nc([Si])nc21. The third-order valence-electron chi connectivity index (χ3n) is 3.16. The minimum absolute atomic E-state index is 0.322. The van der Waals surface area contributed by atoms with Gasteiger partial charge in [0.05, 0.1) is 6.33 Å². The van der Waals surface area contributed by atoms with Gasteiger partial charge < -0.3 is 4.57 Å². The molecule has 0 N–H and O–H groups in total. The molecule has 21 heavy (non-hydrogen) atoms. The molecular formula is C15H15N4SSi. The number of hydrogen-bond acceptors (Lipinski definition) is 4. The average Bonchev–Trinajstić information content (AvgIpc) is 2.89. The van der Waals surface area contributed by atoms with Crippen LogP contribution >= 0.6 is 11.8 Å². The van der Waals surface area contributed by atoms with Crippen molar-refractivity contribution in [2.75, 3.05) is 0 Å². The van der Waals surface area contributed by atoms with Crippen molar-refractivity contribution < 1.29 is 0 Å². The number of rotatable bonds is 4. The molecule has 0 saturated carbocycles. The second-order valence-corrected chi connectivity index (χ2v) is 6.46. The molecular weight excluding hydrogens is 296 g/mol. The molecule has 0 amide bonds. The molecule has 0 saturated heterocycles. The van der Waals surface area contributed by atoms with E-state index < -0.39 is 0 Å². The topological polar surface area (TPSA) is 43.6 Å². The molecule has 105 valence electrons. The highest BCUT2D eigenvalue weighted by Crippen LogP contribution is 2.26. The van der Waals surface area contributed by atoms with Gasteiger partial charge in [0.2, 0.25) is 0 Å². The second kappa shape index (κ2) is 5.99. The molecule has 3 aromatic rings. The summed E-state index contributed by atoms with van der Waals surface area (Å²) in [6.45, 7) is 4.24. The lowest BCUT2D eigenvalue weighted by Crippen LogP contribution is -2.16. The quantitative estimate of drug-likeness (QED) is 0.422. The monoisotopic (exact) mass is 311 g/mol. The molecule has 0 unspecified atom stereocenters. The van der Waals surface area contributed by atoms with Crippen LogP contribution in [0.25, 0.3) is 11.2 Å². The fourth-order valence-corrected chi connectivity index (χ4v) is 3.32. The summed E-state index contributed by atoms with van der Waals surface area (Å²) in [5.41, 5.74) is 3.61. The van der Waals surface area contributed by atoms with Crippen LogP contribution in [-0.2, 0) is 5.75 Å². The molecule has 2 aromatic heterocycles. The summed E-state index contributed by atoms with van der Waals surface area (Å²) >= 11 is 1.68. The van der Waals surface area contributed by atoms with Gasteiger partial charge in [-0.15, -0.1) is 0 Å². The Morgan fingerprint density at radius 3 is 2.67 bits per heavy atom. The highest BCUT2D eigenvalue weighted by atomic mass is 32.2. The van der Waals surface area contributed by atoms with Gasteiger partial charge in [0.25, 0.3) is 0 Å². The predicted octanol–water partition coefficient (Wildman–Crippen LogP) is 2.49. The number of thioether (sulfide) groups is 1. The van der Waals surface area contributed by atoms with Crippen molar-refractivity contribution in [2.24, 2.45) is 0 Å². The first kappa shape index (κ1) is 14.3. The smallest absolute Gasteiger partial charge is 0.164 e. The summed E-state index contributed by atoms with van der Waals surface area (Å²) in [6, 6.07) is 10.7. The average molecular weight is 311 g/mol. The van der Waals surface area contributed by atoms with Gasteiger partial charge in [-0.2, -0.15) is 0 Å². The Bertz CT molecular complexity index is 755. The number of fused-ring (bicyclic) bond motifs is 1. The number of hydrogen-bond donors (Lipinski definition) is 0. The maximum Gasteiger partial charge on any atom is 0.164 e. The van der Waals surface area contributed by atoms with Crippen LogP contribution in [0.3, 0.4) is 0 Å². The van der Waals surface area contributed by atoms with Gasteiger partial charge in [-0.3, -0.25) is 0 Å². The number of benzene rings is 1. The van der Waals surface area contributed by atoms with Gasteiger partial charge in [-0.05, 0) is 19.4 Å². The van der Waals surface area contributed by atoms with Crippen LogP contribution in [-0.4, -0.2) is 29.8 Å². The zero-order valence-electron chi connectivity index (χ0n) is 11.9. The zero-order valence-corrected chi connectivity index (χ0v) is 13.8. The predicted molar refractivity (Wildman–Crippen MR) is 87.1 cm³/mol. The van der Waals surface area contributed by atoms with Crippen LogP contribution in [0.4, 0.5) is 0 Å². The second-order valence-electron chi connectivity index (χ2n) is 5.04. The lowest BCUT2D eigenvalue weighted by Gasteiger charge is -2.08. The van der Waals surface area contributed by atoms with E-state index in [1.165, 1.54) is 5.56 Å². The highest BCUT2D eigenvalue weighted by Gasteiger charge is 2.13. The third-order valence-corrected chi connectivity index (χ3v) is 4.42. The Hall–Kier alpha value is -1.66. The molecule has 2 heterocycles. The summed E-state index contributed by atoms with van der Waals surface area (Å²) < 4.78 is 2.06. The van der Waals surface area contributed by atoms with Gasteiger partial charge in [0.1, 0.15) is 26.2 Å². The largest absolute Gasteiger partial charge is 0.313 e. The minimum atomic E-state index is 0.322. The van der Waals surface area contributed by atoms with Gasteiger partial charge in [0, 0.05) is 11.8 Å². The van der Waals surface area contributed by atoms with E-state index in [-0.39, 0.29) is 0 Å². The molecule has 6 heteroatoms. The van der Waals surface area contributed by atoms with Crippen LogP contribution in [0.2, 0.25) is 0 Å². The summed E-state index contributed by atoms with van der Waals surface area (Å²) in [5.74, 6) is 0.868. The molecule has 0 spiro atoms. The minimum Gasteiger partial charge on any atom is -0.313 e. The molecule has 4 nitrogen and oxygen atoms in total. The normalized spacial score (nSPS) is 11.4. The van der Waals surface area contributed by atoms with Crippen molar-refractivity contribution in [3.8, 4) is 0 Å². The first-order chi connectivity index (χ1) is 10.1. The van der Waals surface area contributed by atoms with Crippen LogP contribution in [0.5, 0.6) is 0 Å². The van der Waals surface area contributed by atoms with Gasteiger partial charge >= 0.3 is 0 Å². The molecule has 3 rings (SSSR count). The van der Waals surface area contributed by atoms with Crippen LogP contribution in [0, 0.1) is 0 Å². The van der Waals surface area contributed by atoms with E-state index in [1.54, 1.807) is 11.8 Å². The van der Waals surface area contributed by atoms with Crippen molar-refractivity contribution >= 4 is 38.6 Å². The Morgan fingerprint density at radius 2 is 1.95 bits per heavy atom. The third kappa shape index (κ3) is 3.01. The van der Waals surface area contributed by atoms with E-state index in [9.17, 15) is 0 Å².